The molecule has 3 aliphatic rings. The molecule has 1 saturated carbocycles. The SMILES string of the molecule is O=C(N1C[C@@H](O)[C@H](N2CCCC2)C1)C1(c2ccccc2)CC1. The predicted octanol–water partition coefficient (Wildman–Crippen LogP) is 1.39. The van der Waals surface area contributed by atoms with Gasteiger partial charge in [-0.25, -0.2) is 0 Å². The minimum Gasteiger partial charge on any atom is -0.390 e. The molecule has 4 rings (SSSR count). The maximum absolute atomic E-state index is 13.0. The highest BCUT2D eigenvalue weighted by Gasteiger charge is 2.54. The molecule has 3 fully saturated rings. The van der Waals surface area contributed by atoms with E-state index < -0.39 is 6.10 Å². The normalized spacial score (nSPS) is 30.7. The summed E-state index contributed by atoms with van der Waals surface area (Å²) >= 11 is 0. The number of rotatable bonds is 3. The second kappa shape index (κ2) is 5.36. The number of benzene rings is 1. The van der Waals surface area contributed by atoms with Gasteiger partial charge in [0.15, 0.2) is 0 Å². The number of hydrogen-bond acceptors (Lipinski definition) is 3. The average molecular weight is 300 g/mol. The van der Waals surface area contributed by atoms with Gasteiger partial charge in [0.05, 0.1) is 17.6 Å². The average Bonchev–Trinajstić information content (AvgIpc) is 3.00. The number of aliphatic hydroxyl groups excluding tert-OH is 1. The van der Waals surface area contributed by atoms with Crippen molar-refractivity contribution in [1.82, 2.24) is 9.80 Å². The van der Waals surface area contributed by atoms with Gasteiger partial charge in [-0.1, -0.05) is 30.3 Å². The molecule has 0 radical (unpaired) electrons. The van der Waals surface area contributed by atoms with Crippen molar-refractivity contribution in [3.8, 4) is 0 Å². The number of likely N-dealkylation sites (tertiary alicyclic amines) is 2. The minimum atomic E-state index is -0.395. The molecule has 0 aromatic heterocycles. The standard InChI is InChI=1S/C18H24N2O2/c21-16-13-20(12-15(16)19-10-4-5-11-19)17(22)18(8-9-18)14-6-2-1-3-7-14/h1-3,6-7,15-16,21H,4-5,8-13H2/t15-,16-/m1/s1. The first kappa shape index (κ1) is 14.2. The van der Waals surface area contributed by atoms with Crippen LogP contribution in [-0.2, 0) is 10.2 Å². The first-order valence-corrected chi connectivity index (χ1v) is 8.48. The van der Waals surface area contributed by atoms with E-state index >= 15 is 0 Å². The molecular weight excluding hydrogens is 276 g/mol. The molecule has 0 unspecified atom stereocenters. The Labute approximate surface area is 131 Å². The molecular formula is C18H24N2O2. The second-order valence-corrected chi connectivity index (χ2v) is 7.04. The van der Waals surface area contributed by atoms with Crippen molar-refractivity contribution in [1.29, 1.82) is 0 Å². The van der Waals surface area contributed by atoms with Gasteiger partial charge >= 0.3 is 0 Å². The zero-order chi connectivity index (χ0) is 15.2. The third kappa shape index (κ3) is 2.25. The van der Waals surface area contributed by atoms with Gasteiger partial charge in [-0.05, 0) is 44.3 Å². The molecule has 22 heavy (non-hydrogen) atoms. The summed E-state index contributed by atoms with van der Waals surface area (Å²) in [5.41, 5.74) is 0.833. The van der Waals surface area contributed by atoms with Crippen molar-refractivity contribution >= 4 is 5.91 Å². The van der Waals surface area contributed by atoms with E-state index in [4.69, 9.17) is 0 Å². The molecule has 1 aromatic rings. The predicted molar refractivity (Wildman–Crippen MR) is 84.5 cm³/mol. The zero-order valence-electron chi connectivity index (χ0n) is 12.9. The van der Waals surface area contributed by atoms with E-state index in [2.05, 4.69) is 17.0 Å². The van der Waals surface area contributed by atoms with Gasteiger partial charge in [-0.3, -0.25) is 9.69 Å². The molecule has 0 bridgehead atoms. The number of carbonyl (C=O) groups excluding carboxylic acids is 1. The number of hydrogen-bond donors (Lipinski definition) is 1. The summed E-state index contributed by atoms with van der Waals surface area (Å²) in [5, 5.41) is 10.4. The Kier molecular flexibility index (Phi) is 3.46. The van der Waals surface area contributed by atoms with E-state index in [9.17, 15) is 9.90 Å². The van der Waals surface area contributed by atoms with Crippen molar-refractivity contribution in [2.45, 2.75) is 43.2 Å². The van der Waals surface area contributed by atoms with E-state index in [-0.39, 0.29) is 17.4 Å². The lowest BCUT2D eigenvalue weighted by Gasteiger charge is -2.26. The number of β-amino-alcohol motifs (C(OH)–C–C–N with tert-alkyl or cyclic N) is 1. The molecule has 4 nitrogen and oxygen atoms in total. The van der Waals surface area contributed by atoms with Gasteiger partial charge in [0.1, 0.15) is 0 Å². The Balaban J connectivity index is 1.50. The number of amides is 1. The molecule has 1 amide bonds. The Hall–Kier alpha value is -1.39. The molecule has 2 heterocycles. The molecule has 1 aliphatic carbocycles. The summed E-state index contributed by atoms with van der Waals surface area (Å²) in [7, 11) is 0. The van der Waals surface area contributed by atoms with Gasteiger partial charge in [-0.15, -0.1) is 0 Å². The van der Waals surface area contributed by atoms with Crippen molar-refractivity contribution in [3.63, 3.8) is 0 Å². The Bertz CT molecular complexity index is 549. The molecule has 118 valence electrons. The number of nitrogens with zero attached hydrogens (tertiary/aromatic N) is 2. The number of aliphatic hydroxyl groups is 1. The maximum Gasteiger partial charge on any atom is 0.233 e. The lowest BCUT2D eigenvalue weighted by molar-refractivity contribution is -0.133. The van der Waals surface area contributed by atoms with Gasteiger partial charge < -0.3 is 10.0 Å². The molecule has 2 saturated heterocycles. The quantitative estimate of drug-likeness (QED) is 0.917. The summed E-state index contributed by atoms with van der Waals surface area (Å²) in [6, 6.07) is 10.3. The molecule has 2 atom stereocenters. The highest BCUT2D eigenvalue weighted by Crippen LogP contribution is 2.50. The monoisotopic (exact) mass is 300 g/mol. The van der Waals surface area contributed by atoms with E-state index in [1.54, 1.807) is 0 Å². The van der Waals surface area contributed by atoms with Gasteiger partial charge in [0, 0.05) is 13.1 Å². The third-order valence-electron chi connectivity index (χ3n) is 5.64. The van der Waals surface area contributed by atoms with Crippen LogP contribution in [-0.4, -0.2) is 59.1 Å². The van der Waals surface area contributed by atoms with Crippen molar-refractivity contribution in [2.75, 3.05) is 26.2 Å². The van der Waals surface area contributed by atoms with Crippen molar-refractivity contribution in [3.05, 3.63) is 35.9 Å². The Morgan fingerprint density at radius 1 is 1.09 bits per heavy atom. The minimum absolute atomic E-state index is 0.137. The first-order valence-electron chi connectivity index (χ1n) is 8.48. The zero-order valence-corrected chi connectivity index (χ0v) is 12.9. The van der Waals surface area contributed by atoms with Crippen LogP contribution in [0, 0.1) is 0 Å². The van der Waals surface area contributed by atoms with E-state index in [1.165, 1.54) is 12.8 Å². The van der Waals surface area contributed by atoms with Crippen LogP contribution in [0.25, 0.3) is 0 Å². The Morgan fingerprint density at radius 3 is 2.41 bits per heavy atom. The largest absolute Gasteiger partial charge is 0.390 e. The molecule has 1 N–H and O–H groups in total. The highest BCUT2D eigenvalue weighted by atomic mass is 16.3. The highest BCUT2D eigenvalue weighted by molar-refractivity contribution is 5.91. The molecule has 0 spiro atoms. The fraction of sp³-hybridized carbons (Fsp3) is 0.611. The van der Waals surface area contributed by atoms with Gasteiger partial charge in [-0.2, -0.15) is 0 Å². The molecule has 4 heteroatoms. The van der Waals surface area contributed by atoms with Crippen LogP contribution >= 0.6 is 0 Å². The van der Waals surface area contributed by atoms with Gasteiger partial charge in [0.25, 0.3) is 0 Å². The van der Waals surface area contributed by atoms with Gasteiger partial charge in [0.2, 0.25) is 5.91 Å². The van der Waals surface area contributed by atoms with Crippen LogP contribution in [0.3, 0.4) is 0 Å². The van der Waals surface area contributed by atoms with Crippen LogP contribution in [0.1, 0.15) is 31.2 Å². The van der Waals surface area contributed by atoms with Crippen molar-refractivity contribution < 1.29 is 9.90 Å². The van der Waals surface area contributed by atoms with Crippen molar-refractivity contribution in [2.24, 2.45) is 0 Å². The van der Waals surface area contributed by atoms with Crippen LogP contribution < -0.4 is 0 Å². The maximum atomic E-state index is 13.0. The summed E-state index contributed by atoms with van der Waals surface area (Å²) in [5.74, 6) is 0.222. The van der Waals surface area contributed by atoms with Crippen LogP contribution in [0.2, 0.25) is 0 Å². The molecule has 2 aliphatic heterocycles. The van der Waals surface area contributed by atoms with E-state index in [0.29, 0.717) is 13.1 Å². The van der Waals surface area contributed by atoms with Crippen LogP contribution in [0.4, 0.5) is 0 Å². The lowest BCUT2D eigenvalue weighted by atomic mass is 9.94. The topological polar surface area (TPSA) is 43.8 Å². The van der Waals surface area contributed by atoms with Crippen LogP contribution in [0.15, 0.2) is 30.3 Å². The summed E-state index contributed by atoms with van der Waals surface area (Å²) in [6.45, 7) is 3.31. The fourth-order valence-corrected chi connectivity index (χ4v) is 4.18. The van der Waals surface area contributed by atoms with Crippen LogP contribution in [0.5, 0.6) is 0 Å². The first-order chi connectivity index (χ1) is 10.7. The van der Waals surface area contributed by atoms with E-state index in [0.717, 1.165) is 31.5 Å². The smallest absolute Gasteiger partial charge is 0.233 e. The summed E-state index contributed by atoms with van der Waals surface area (Å²) < 4.78 is 0. The summed E-state index contributed by atoms with van der Waals surface area (Å²) in [6.07, 6.45) is 3.91. The lowest BCUT2D eigenvalue weighted by Crippen LogP contribution is -2.42. The Morgan fingerprint density at radius 2 is 1.77 bits per heavy atom. The van der Waals surface area contributed by atoms with E-state index in [1.807, 2.05) is 23.1 Å². The number of carbonyl (C=O) groups is 1. The fourth-order valence-electron chi connectivity index (χ4n) is 4.18. The summed E-state index contributed by atoms with van der Waals surface area (Å²) in [4.78, 5) is 17.3. The third-order valence-corrected chi connectivity index (χ3v) is 5.64. The molecule has 1 aromatic carbocycles. The second-order valence-electron chi connectivity index (χ2n) is 7.04.